The average Bonchev–Trinajstić information content (AvgIpc) is 3.06. The molecule has 1 aromatic carbocycles. The number of para-hydroxylation sites is 1. The number of benzene rings is 1. The van der Waals surface area contributed by atoms with Crippen molar-refractivity contribution >= 4 is 17.4 Å². The molecule has 180 valence electrons. The summed E-state index contributed by atoms with van der Waals surface area (Å²) in [5.74, 6) is 1.77. The molecule has 4 rings (SSSR count). The van der Waals surface area contributed by atoms with E-state index in [1.807, 2.05) is 23.1 Å². The molecule has 1 saturated carbocycles. The third kappa shape index (κ3) is 4.81. The normalized spacial score (nSPS) is 25.5. The Balaban J connectivity index is 1.79. The molecule has 1 unspecified atom stereocenters. The first-order chi connectivity index (χ1) is 16.0. The van der Waals surface area contributed by atoms with Gasteiger partial charge in [-0.15, -0.1) is 0 Å². The van der Waals surface area contributed by atoms with E-state index in [2.05, 4.69) is 49.4 Å². The van der Waals surface area contributed by atoms with Gasteiger partial charge >= 0.3 is 0 Å². The molecule has 0 aromatic heterocycles. The second-order valence-electron chi connectivity index (χ2n) is 10.4. The number of hydrogen-bond donors (Lipinski definition) is 0. The number of rotatable bonds is 7. The fraction of sp³-hybridized carbons (Fsp3) is 0.643. The molecule has 3 fully saturated rings. The molecular formula is C28H42N4O. The van der Waals surface area contributed by atoms with Crippen LogP contribution >= 0.6 is 0 Å². The minimum atomic E-state index is -0.363. The fourth-order valence-corrected chi connectivity index (χ4v) is 6.13. The van der Waals surface area contributed by atoms with E-state index < -0.39 is 0 Å². The van der Waals surface area contributed by atoms with Crippen LogP contribution < -0.4 is 4.90 Å². The van der Waals surface area contributed by atoms with Crippen LogP contribution in [0.3, 0.4) is 0 Å². The molecule has 0 bridgehead atoms. The van der Waals surface area contributed by atoms with Crippen molar-refractivity contribution in [1.29, 1.82) is 0 Å². The molecular weight excluding hydrogens is 408 g/mol. The summed E-state index contributed by atoms with van der Waals surface area (Å²) in [4.78, 5) is 26.4. The van der Waals surface area contributed by atoms with Gasteiger partial charge in [-0.1, -0.05) is 70.7 Å². The molecule has 2 aliphatic heterocycles. The van der Waals surface area contributed by atoms with E-state index >= 15 is 0 Å². The summed E-state index contributed by atoms with van der Waals surface area (Å²) in [6.07, 6.45) is 8.57. The highest BCUT2D eigenvalue weighted by atomic mass is 16.2. The molecule has 1 aromatic rings. The number of hydrogen-bond acceptors (Lipinski definition) is 4. The molecule has 2 saturated heterocycles. The topological polar surface area (TPSA) is 39.1 Å². The van der Waals surface area contributed by atoms with Crippen molar-refractivity contribution in [3.8, 4) is 0 Å². The number of carbonyl (C=O) groups excluding carboxylic acids is 1. The maximum Gasteiger partial charge on any atom is 0.240 e. The number of aliphatic imine (C=N–C) groups is 1. The first-order valence-electron chi connectivity index (χ1n) is 13.1. The number of amides is 1. The summed E-state index contributed by atoms with van der Waals surface area (Å²) in [6, 6.07) is 10.2. The summed E-state index contributed by atoms with van der Waals surface area (Å²) in [6.45, 7) is 12.9. The Morgan fingerprint density at radius 2 is 1.70 bits per heavy atom. The minimum Gasteiger partial charge on any atom is -0.304 e. The molecule has 33 heavy (non-hydrogen) atoms. The maximum atomic E-state index is 14.3. The number of allylic oxidation sites excluding steroid dienone is 1. The first kappa shape index (κ1) is 24.2. The number of nitrogens with zero attached hydrogens (tertiary/aromatic N) is 4. The van der Waals surface area contributed by atoms with Gasteiger partial charge in [0.05, 0.1) is 17.1 Å². The summed E-state index contributed by atoms with van der Waals surface area (Å²) >= 11 is 0. The molecule has 3 aliphatic rings. The van der Waals surface area contributed by atoms with Crippen molar-refractivity contribution in [2.24, 2.45) is 16.3 Å². The zero-order chi connectivity index (χ0) is 23.4. The first-order valence-corrected chi connectivity index (χ1v) is 13.1. The SMILES string of the molecule is C=C(CC(CC)CC)/N=C1/C(N2CCN(C)CC2)C2(CCCCC2)C(=O)N1c1ccccc1. The predicted molar refractivity (Wildman–Crippen MR) is 138 cm³/mol. The second-order valence-corrected chi connectivity index (χ2v) is 10.4. The van der Waals surface area contributed by atoms with E-state index in [1.54, 1.807) is 0 Å². The van der Waals surface area contributed by atoms with Gasteiger partial charge in [0.25, 0.3) is 0 Å². The van der Waals surface area contributed by atoms with Gasteiger partial charge in [-0.3, -0.25) is 14.6 Å². The van der Waals surface area contributed by atoms with Gasteiger partial charge in [0.1, 0.15) is 5.84 Å². The molecule has 2 heterocycles. The van der Waals surface area contributed by atoms with E-state index in [0.29, 0.717) is 5.92 Å². The fourth-order valence-electron chi connectivity index (χ4n) is 6.13. The highest BCUT2D eigenvalue weighted by Gasteiger charge is 2.60. The highest BCUT2D eigenvalue weighted by molar-refractivity contribution is 6.27. The number of amidine groups is 1. The predicted octanol–water partition coefficient (Wildman–Crippen LogP) is 5.34. The van der Waals surface area contributed by atoms with Crippen LogP contribution in [0.1, 0.15) is 65.2 Å². The Hall–Kier alpha value is -1.98. The van der Waals surface area contributed by atoms with Crippen LogP contribution in [0.4, 0.5) is 5.69 Å². The number of anilines is 1. The summed E-state index contributed by atoms with van der Waals surface area (Å²) < 4.78 is 0. The van der Waals surface area contributed by atoms with E-state index in [4.69, 9.17) is 4.99 Å². The number of likely N-dealkylation sites (N-methyl/N-ethyl adjacent to an activating group) is 1. The molecule has 0 N–H and O–H groups in total. The summed E-state index contributed by atoms with van der Waals surface area (Å²) in [7, 11) is 2.19. The molecule has 1 amide bonds. The summed E-state index contributed by atoms with van der Waals surface area (Å²) in [5.41, 5.74) is 1.50. The lowest BCUT2D eigenvalue weighted by atomic mass is 9.69. The molecule has 1 aliphatic carbocycles. The number of piperazine rings is 1. The van der Waals surface area contributed by atoms with Gasteiger partial charge < -0.3 is 4.90 Å². The van der Waals surface area contributed by atoms with Crippen molar-refractivity contribution in [1.82, 2.24) is 9.80 Å². The van der Waals surface area contributed by atoms with E-state index in [9.17, 15) is 4.79 Å². The smallest absolute Gasteiger partial charge is 0.240 e. The largest absolute Gasteiger partial charge is 0.304 e. The summed E-state index contributed by atoms with van der Waals surface area (Å²) in [5, 5.41) is 0. The Morgan fingerprint density at radius 1 is 1.06 bits per heavy atom. The van der Waals surface area contributed by atoms with Crippen LogP contribution in [0.15, 0.2) is 47.6 Å². The average molecular weight is 451 g/mol. The highest BCUT2D eigenvalue weighted by Crippen LogP contribution is 2.49. The van der Waals surface area contributed by atoms with Crippen molar-refractivity contribution in [2.75, 3.05) is 38.1 Å². The molecule has 0 radical (unpaired) electrons. The van der Waals surface area contributed by atoms with Crippen LogP contribution in [0.5, 0.6) is 0 Å². The van der Waals surface area contributed by atoms with Crippen LogP contribution in [0.25, 0.3) is 0 Å². The van der Waals surface area contributed by atoms with Crippen LogP contribution in [-0.4, -0.2) is 60.8 Å². The Bertz CT molecular complexity index is 846. The van der Waals surface area contributed by atoms with Crippen LogP contribution in [0, 0.1) is 11.3 Å². The lowest BCUT2D eigenvalue weighted by Gasteiger charge is -2.44. The van der Waals surface area contributed by atoms with E-state index in [-0.39, 0.29) is 17.4 Å². The standard InChI is InChI=1S/C28H42N4O/c1-5-23(6-2)21-22(3)29-26-25(31-19-17-30(4)18-20-31)28(15-11-8-12-16-28)27(33)32(26)24-13-9-7-10-14-24/h7,9-10,13-14,23,25H,3,5-6,8,11-12,15-21H2,1-2,4H3/b29-26-. The van der Waals surface area contributed by atoms with Gasteiger partial charge in [-0.05, 0) is 44.4 Å². The van der Waals surface area contributed by atoms with Gasteiger partial charge in [0, 0.05) is 31.9 Å². The van der Waals surface area contributed by atoms with Crippen molar-refractivity contribution in [3.63, 3.8) is 0 Å². The van der Waals surface area contributed by atoms with Gasteiger partial charge in [-0.2, -0.15) is 0 Å². The minimum absolute atomic E-state index is 0.0395. The van der Waals surface area contributed by atoms with Crippen molar-refractivity contribution in [3.05, 3.63) is 42.6 Å². The van der Waals surface area contributed by atoms with Gasteiger partial charge in [-0.25, -0.2) is 4.99 Å². The molecule has 5 nitrogen and oxygen atoms in total. The van der Waals surface area contributed by atoms with Gasteiger partial charge in [0.15, 0.2) is 0 Å². The van der Waals surface area contributed by atoms with Crippen molar-refractivity contribution in [2.45, 2.75) is 71.3 Å². The van der Waals surface area contributed by atoms with Crippen molar-refractivity contribution < 1.29 is 4.79 Å². The lowest BCUT2D eigenvalue weighted by molar-refractivity contribution is -0.130. The lowest BCUT2D eigenvalue weighted by Crippen LogP contribution is -2.57. The van der Waals surface area contributed by atoms with Crippen LogP contribution in [0.2, 0.25) is 0 Å². The Kier molecular flexibility index (Phi) is 7.70. The Morgan fingerprint density at radius 3 is 2.30 bits per heavy atom. The Labute approximate surface area is 200 Å². The second kappa shape index (κ2) is 10.5. The third-order valence-corrected chi connectivity index (χ3v) is 8.24. The van der Waals surface area contributed by atoms with E-state index in [0.717, 1.165) is 88.3 Å². The molecule has 1 atom stereocenters. The molecule has 5 heteroatoms. The zero-order valence-electron chi connectivity index (χ0n) is 20.9. The van der Waals surface area contributed by atoms with Gasteiger partial charge in [0.2, 0.25) is 5.91 Å². The maximum absolute atomic E-state index is 14.3. The molecule has 1 spiro atoms. The monoisotopic (exact) mass is 450 g/mol. The third-order valence-electron chi connectivity index (χ3n) is 8.24. The van der Waals surface area contributed by atoms with Crippen LogP contribution in [-0.2, 0) is 4.79 Å². The quantitative estimate of drug-likeness (QED) is 0.563. The number of carbonyl (C=O) groups is 1. The van der Waals surface area contributed by atoms with E-state index in [1.165, 1.54) is 6.42 Å². The zero-order valence-corrected chi connectivity index (χ0v) is 20.9.